The summed E-state index contributed by atoms with van der Waals surface area (Å²) in [7, 11) is 0. The summed E-state index contributed by atoms with van der Waals surface area (Å²) in [5.41, 5.74) is 2.31. The Morgan fingerprint density at radius 3 is 3.12 bits per heavy atom. The number of hydrogen-bond donors (Lipinski definition) is 2. The lowest BCUT2D eigenvalue weighted by Gasteiger charge is -2.41. The summed E-state index contributed by atoms with van der Waals surface area (Å²) < 4.78 is 5.77. The van der Waals surface area contributed by atoms with Crippen molar-refractivity contribution in [3.8, 4) is 0 Å². The summed E-state index contributed by atoms with van der Waals surface area (Å²) in [6.07, 6.45) is 5.66. The first-order valence-electron chi connectivity index (χ1n) is 6.65. The van der Waals surface area contributed by atoms with Gasteiger partial charge in [-0.2, -0.15) is 0 Å². The predicted molar refractivity (Wildman–Crippen MR) is 65.1 cm³/mol. The summed E-state index contributed by atoms with van der Waals surface area (Å²) in [6.45, 7) is 3.68. The van der Waals surface area contributed by atoms with Gasteiger partial charge in [-0.1, -0.05) is 13.3 Å². The number of carbonyl (C=O) groups is 1. The van der Waals surface area contributed by atoms with Crippen LogP contribution in [0.2, 0.25) is 0 Å². The van der Waals surface area contributed by atoms with Crippen LogP contribution in [0.5, 0.6) is 0 Å². The third-order valence-electron chi connectivity index (χ3n) is 3.93. The highest BCUT2D eigenvalue weighted by Crippen LogP contribution is 2.31. The molecule has 5 nitrogen and oxygen atoms in total. The number of fused-ring (bicyclic) bond motifs is 1. The van der Waals surface area contributed by atoms with E-state index in [1.165, 1.54) is 6.42 Å². The first kappa shape index (κ1) is 12.8. The molecule has 17 heavy (non-hydrogen) atoms. The second-order valence-electron chi connectivity index (χ2n) is 4.96. The molecule has 2 rings (SSSR count). The molecule has 5 heteroatoms. The molecule has 2 aliphatic rings. The monoisotopic (exact) mass is 241 g/mol. The van der Waals surface area contributed by atoms with Crippen LogP contribution in [-0.4, -0.2) is 42.1 Å². The molecular formula is C12H23N3O2. The lowest BCUT2D eigenvalue weighted by molar-refractivity contribution is -0.134. The van der Waals surface area contributed by atoms with Crippen LogP contribution in [-0.2, 0) is 9.53 Å². The zero-order valence-corrected chi connectivity index (χ0v) is 10.5. The Kier molecular flexibility index (Phi) is 4.36. The first-order valence-corrected chi connectivity index (χ1v) is 6.65. The molecule has 3 N–H and O–H groups in total. The molecular weight excluding hydrogens is 218 g/mol. The van der Waals surface area contributed by atoms with Crippen molar-refractivity contribution in [2.24, 2.45) is 5.84 Å². The Bertz CT molecular complexity index is 272. The van der Waals surface area contributed by atoms with Crippen molar-refractivity contribution in [1.82, 2.24) is 10.3 Å². The highest BCUT2D eigenvalue weighted by atomic mass is 16.5. The zero-order valence-electron chi connectivity index (χ0n) is 10.5. The number of carbonyl (C=O) groups excluding carboxylic acids is 1. The number of nitrogens with zero attached hydrogens (tertiary/aromatic N) is 1. The Morgan fingerprint density at radius 1 is 1.59 bits per heavy atom. The molecule has 1 aliphatic heterocycles. The van der Waals surface area contributed by atoms with Crippen molar-refractivity contribution < 1.29 is 9.53 Å². The lowest BCUT2D eigenvalue weighted by Crippen LogP contribution is -2.58. The Labute approximate surface area is 103 Å². The third-order valence-corrected chi connectivity index (χ3v) is 3.93. The van der Waals surface area contributed by atoms with Crippen LogP contribution >= 0.6 is 0 Å². The van der Waals surface area contributed by atoms with E-state index in [1.54, 1.807) is 0 Å². The summed E-state index contributed by atoms with van der Waals surface area (Å²) in [4.78, 5) is 14.2. The molecule has 0 radical (unpaired) electrons. The number of rotatable bonds is 4. The molecule has 98 valence electrons. The average Bonchev–Trinajstić information content (AvgIpc) is 2.83. The fourth-order valence-corrected chi connectivity index (χ4v) is 3.16. The lowest BCUT2D eigenvalue weighted by atomic mass is 10.0. The van der Waals surface area contributed by atoms with Gasteiger partial charge >= 0.3 is 0 Å². The Hall–Kier alpha value is -0.650. The van der Waals surface area contributed by atoms with E-state index in [0.717, 1.165) is 38.8 Å². The van der Waals surface area contributed by atoms with Gasteiger partial charge in [0.05, 0.1) is 18.8 Å². The number of amides is 1. The fraction of sp³-hybridized carbons (Fsp3) is 0.917. The van der Waals surface area contributed by atoms with Gasteiger partial charge in [-0.05, 0) is 25.7 Å². The van der Waals surface area contributed by atoms with Gasteiger partial charge in [-0.3, -0.25) is 15.1 Å². The van der Waals surface area contributed by atoms with Gasteiger partial charge in [0, 0.05) is 12.6 Å². The number of hydrogen-bond acceptors (Lipinski definition) is 4. The Morgan fingerprint density at radius 2 is 2.41 bits per heavy atom. The number of ether oxygens (including phenoxy) is 1. The smallest absolute Gasteiger partial charge is 0.251 e. The van der Waals surface area contributed by atoms with E-state index in [4.69, 9.17) is 10.6 Å². The maximum Gasteiger partial charge on any atom is 0.251 e. The number of nitrogens with one attached hydrogen (secondary N) is 1. The van der Waals surface area contributed by atoms with Crippen LogP contribution in [0, 0.1) is 0 Å². The molecule has 0 spiro atoms. The van der Waals surface area contributed by atoms with Crippen molar-refractivity contribution in [3.05, 3.63) is 0 Å². The summed E-state index contributed by atoms with van der Waals surface area (Å²) >= 11 is 0. The van der Waals surface area contributed by atoms with E-state index >= 15 is 0 Å². The molecule has 0 bridgehead atoms. The van der Waals surface area contributed by atoms with Crippen molar-refractivity contribution in [1.29, 1.82) is 0 Å². The molecule has 0 aromatic carbocycles. The normalized spacial score (nSPS) is 30.9. The van der Waals surface area contributed by atoms with Crippen molar-refractivity contribution in [3.63, 3.8) is 0 Å². The molecule has 3 unspecified atom stereocenters. The fourth-order valence-electron chi connectivity index (χ4n) is 3.16. The van der Waals surface area contributed by atoms with Crippen LogP contribution in [0.15, 0.2) is 0 Å². The topological polar surface area (TPSA) is 67.6 Å². The first-order chi connectivity index (χ1) is 8.27. The van der Waals surface area contributed by atoms with E-state index in [9.17, 15) is 4.79 Å². The van der Waals surface area contributed by atoms with Crippen molar-refractivity contribution >= 4 is 5.91 Å². The van der Waals surface area contributed by atoms with E-state index in [1.807, 2.05) is 0 Å². The highest BCUT2D eigenvalue weighted by Gasteiger charge is 2.40. The second-order valence-corrected chi connectivity index (χ2v) is 4.96. The van der Waals surface area contributed by atoms with Crippen LogP contribution in [0.25, 0.3) is 0 Å². The molecule has 1 saturated heterocycles. The maximum absolute atomic E-state index is 11.9. The van der Waals surface area contributed by atoms with Gasteiger partial charge in [-0.25, -0.2) is 5.84 Å². The quantitative estimate of drug-likeness (QED) is 0.425. The Balaban J connectivity index is 2.08. The molecule has 0 aromatic heterocycles. The minimum atomic E-state index is -0.0838. The van der Waals surface area contributed by atoms with E-state index in [0.29, 0.717) is 12.1 Å². The van der Waals surface area contributed by atoms with Crippen molar-refractivity contribution in [2.75, 3.05) is 13.2 Å². The van der Waals surface area contributed by atoms with Gasteiger partial charge in [-0.15, -0.1) is 0 Å². The van der Waals surface area contributed by atoms with Gasteiger partial charge < -0.3 is 4.74 Å². The second kappa shape index (κ2) is 5.80. The average molecular weight is 241 g/mol. The summed E-state index contributed by atoms with van der Waals surface area (Å²) in [5, 5.41) is 0. The van der Waals surface area contributed by atoms with E-state index < -0.39 is 0 Å². The molecule has 3 atom stereocenters. The minimum absolute atomic E-state index is 0.0561. The molecule has 0 aromatic rings. The maximum atomic E-state index is 11.9. The molecule has 1 heterocycles. The number of morpholine rings is 1. The zero-order chi connectivity index (χ0) is 12.3. The van der Waals surface area contributed by atoms with Crippen molar-refractivity contribution in [2.45, 2.75) is 57.2 Å². The SMILES string of the molecule is CCCC(C(=O)NN)N1CCOC2CCCC21. The largest absolute Gasteiger partial charge is 0.375 e. The van der Waals surface area contributed by atoms with Crippen LogP contribution in [0.4, 0.5) is 0 Å². The van der Waals surface area contributed by atoms with Crippen LogP contribution < -0.4 is 11.3 Å². The summed E-state index contributed by atoms with van der Waals surface area (Å²) in [5.74, 6) is 5.23. The predicted octanol–water partition coefficient (Wildman–Crippen LogP) is 0.398. The number of hydrazine groups is 1. The standard InChI is InChI=1S/C12H23N3O2/c1-2-4-10(12(16)14-13)15-7-8-17-11-6-3-5-9(11)15/h9-11H,2-8,13H2,1H3,(H,14,16). The minimum Gasteiger partial charge on any atom is -0.375 e. The highest BCUT2D eigenvalue weighted by molar-refractivity contribution is 5.81. The third kappa shape index (κ3) is 2.61. The van der Waals surface area contributed by atoms with Gasteiger partial charge in [0.25, 0.3) is 5.91 Å². The number of nitrogens with two attached hydrogens (primary N) is 1. The molecule has 1 saturated carbocycles. The van der Waals surface area contributed by atoms with Gasteiger partial charge in [0.2, 0.25) is 0 Å². The van der Waals surface area contributed by atoms with Gasteiger partial charge in [0.15, 0.2) is 0 Å². The van der Waals surface area contributed by atoms with E-state index in [2.05, 4.69) is 17.2 Å². The van der Waals surface area contributed by atoms with Crippen LogP contribution in [0.1, 0.15) is 39.0 Å². The molecule has 2 fully saturated rings. The van der Waals surface area contributed by atoms with Crippen LogP contribution in [0.3, 0.4) is 0 Å². The van der Waals surface area contributed by atoms with E-state index in [-0.39, 0.29) is 11.9 Å². The molecule has 1 aliphatic carbocycles. The van der Waals surface area contributed by atoms with Gasteiger partial charge in [0.1, 0.15) is 0 Å². The molecule has 1 amide bonds. The summed E-state index contributed by atoms with van der Waals surface area (Å²) in [6, 6.07) is 0.331.